The highest BCUT2D eigenvalue weighted by molar-refractivity contribution is 7.20. The highest BCUT2D eigenvalue weighted by Gasteiger charge is 2.36. The molecule has 0 radical (unpaired) electrons. The van der Waals surface area contributed by atoms with Gasteiger partial charge in [0.05, 0.1) is 35.1 Å². The average molecular weight is 435 g/mol. The number of likely N-dealkylation sites (tertiary alicyclic amines) is 1. The highest BCUT2D eigenvalue weighted by atomic mass is 32.1. The highest BCUT2D eigenvalue weighted by Crippen LogP contribution is 2.38. The molecule has 4 heterocycles. The van der Waals surface area contributed by atoms with Crippen LogP contribution in [0.5, 0.6) is 5.19 Å². The number of para-hydroxylation sites is 1. The van der Waals surface area contributed by atoms with E-state index in [1.807, 2.05) is 0 Å². The van der Waals surface area contributed by atoms with Gasteiger partial charge in [0, 0.05) is 6.07 Å². The van der Waals surface area contributed by atoms with Gasteiger partial charge in [-0.1, -0.05) is 22.6 Å². The lowest BCUT2D eigenvalue weighted by atomic mass is 10.1. The molecule has 7 nitrogen and oxygen atoms in total. The number of aromatic nitrogens is 2. The number of furan rings is 1. The molecule has 1 aromatic carbocycles. The quantitative estimate of drug-likeness (QED) is 0.471. The van der Waals surface area contributed by atoms with E-state index in [-0.39, 0.29) is 41.5 Å². The largest absolute Gasteiger partial charge is 0.463 e. The number of benzene rings is 1. The fraction of sp³-hybridized carbons (Fsp3) is 0.211. The Morgan fingerprint density at radius 3 is 2.77 bits per heavy atom. The standard InChI is InChI=1S/C19H12F3N3O4S/c20-19(21,22)11-3-1-5-15-16(11)23-18(30-15)28-10-8-25(9-10)17(26)12-7-14(29-24-12)13-4-2-6-27-13/h1-7,10H,8-9H2. The lowest BCUT2D eigenvalue weighted by Gasteiger charge is -2.37. The summed E-state index contributed by atoms with van der Waals surface area (Å²) in [6.07, 6.45) is -3.37. The molecule has 0 bridgehead atoms. The summed E-state index contributed by atoms with van der Waals surface area (Å²) in [6.45, 7) is 0.535. The monoisotopic (exact) mass is 435 g/mol. The molecule has 4 aromatic rings. The van der Waals surface area contributed by atoms with Gasteiger partial charge in [0.2, 0.25) is 5.76 Å². The minimum atomic E-state index is -4.49. The molecule has 3 aromatic heterocycles. The Labute approximate surface area is 170 Å². The maximum atomic E-state index is 13.1. The number of amides is 1. The molecule has 30 heavy (non-hydrogen) atoms. The van der Waals surface area contributed by atoms with E-state index in [0.29, 0.717) is 16.2 Å². The van der Waals surface area contributed by atoms with Crippen LogP contribution < -0.4 is 4.74 Å². The zero-order valence-electron chi connectivity index (χ0n) is 15.0. The molecule has 0 N–H and O–H groups in total. The number of hydrogen-bond donors (Lipinski definition) is 0. The van der Waals surface area contributed by atoms with Crippen LogP contribution in [0.2, 0.25) is 0 Å². The summed E-state index contributed by atoms with van der Waals surface area (Å²) >= 11 is 1.04. The van der Waals surface area contributed by atoms with Gasteiger partial charge in [-0.15, -0.1) is 0 Å². The minimum absolute atomic E-state index is 0.134. The van der Waals surface area contributed by atoms with E-state index in [1.165, 1.54) is 23.3 Å². The first-order valence-corrected chi connectivity index (χ1v) is 9.63. The molecule has 1 aliphatic rings. The number of fused-ring (bicyclic) bond motifs is 1. The fourth-order valence-electron chi connectivity index (χ4n) is 3.10. The molecule has 1 fully saturated rings. The van der Waals surface area contributed by atoms with Gasteiger partial charge in [-0.2, -0.15) is 13.2 Å². The molecule has 1 aliphatic heterocycles. The number of halogens is 3. The van der Waals surface area contributed by atoms with Crippen molar-refractivity contribution in [2.45, 2.75) is 12.3 Å². The summed E-state index contributed by atoms with van der Waals surface area (Å²) in [6, 6.07) is 8.76. The SMILES string of the molecule is O=C(c1cc(-c2ccco2)on1)N1CC(Oc2nc3c(C(F)(F)F)cccc3s2)C1. The number of rotatable bonds is 4. The van der Waals surface area contributed by atoms with Gasteiger partial charge in [-0.25, -0.2) is 4.98 Å². The molecule has 0 atom stereocenters. The van der Waals surface area contributed by atoms with Crippen molar-refractivity contribution in [2.24, 2.45) is 0 Å². The number of alkyl halides is 3. The molecular weight excluding hydrogens is 423 g/mol. The molecular formula is C19H12F3N3O4S. The maximum absolute atomic E-state index is 13.1. The topological polar surface area (TPSA) is 81.6 Å². The second-order valence-corrected chi connectivity index (χ2v) is 7.63. The molecule has 0 unspecified atom stereocenters. The van der Waals surface area contributed by atoms with Crippen LogP contribution in [0.3, 0.4) is 0 Å². The number of nitrogens with zero attached hydrogens (tertiary/aromatic N) is 3. The van der Waals surface area contributed by atoms with Gasteiger partial charge >= 0.3 is 6.18 Å². The van der Waals surface area contributed by atoms with Gasteiger partial charge in [-0.3, -0.25) is 4.79 Å². The van der Waals surface area contributed by atoms with Crippen molar-refractivity contribution in [1.82, 2.24) is 15.0 Å². The molecule has 11 heteroatoms. The van der Waals surface area contributed by atoms with Crippen LogP contribution in [0, 0.1) is 0 Å². The number of ether oxygens (including phenoxy) is 1. The lowest BCUT2D eigenvalue weighted by Crippen LogP contribution is -2.56. The smallest absolute Gasteiger partial charge is 0.418 e. The van der Waals surface area contributed by atoms with E-state index in [1.54, 1.807) is 18.2 Å². The normalized spacial score (nSPS) is 14.8. The number of hydrogen-bond acceptors (Lipinski definition) is 7. The van der Waals surface area contributed by atoms with Crippen molar-refractivity contribution < 1.29 is 31.6 Å². The van der Waals surface area contributed by atoms with Gasteiger partial charge in [0.25, 0.3) is 11.1 Å². The first-order chi connectivity index (χ1) is 14.4. The van der Waals surface area contributed by atoms with Crippen LogP contribution in [-0.2, 0) is 6.18 Å². The van der Waals surface area contributed by atoms with Crippen LogP contribution in [0.25, 0.3) is 21.7 Å². The second kappa shape index (κ2) is 6.87. The number of carbonyl (C=O) groups excluding carboxylic acids is 1. The average Bonchev–Trinajstić information content (AvgIpc) is 3.42. The molecule has 1 amide bonds. The van der Waals surface area contributed by atoms with Gasteiger partial charge in [-0.05, 0) is 24.3 Å². The minimum Gasteiger partial charge on any atom is -0.463 e. The van der Waals surface area contributed by atoms with Crippen LogP contribution in [0.15, 0.2) is 51.6 Å². The predicted molar refractivity (Wildman–Crippen MR) is 99.1 cm³/mol. The Kier molecular flexibility index (Phi) is 4.28. The number of thiazole rings is 1. The van der Waals surface area contributed by atoms with E-state index in [9.17, 15) is 18.0 Å². The molecule has 0 aliphatic carbocycles. The Hall–Kier alpha value is -3.34. The van der Waals surface area contributed by atoms with Gasteiger partial charge < -0.3 is 18.6 Å². The van der Waals surface area contributed by atoms with Crippen molar-refractivity contribution in [1.29, 1.82) is 0 Å². The van der Waals surface area contributed by atoms with Crippen LogP contribution >= 0.6 is 11.3 Å². The zero-order chi connectivity index (χ0) is 20.9. The van der Waals surface area contributed by atoms with E-state index in [4.69, 9.17) is 13.7 Å². The van der Waals surface area contributed by atoms with E-state index in [0.717, 1.165) is 17.4 Å². The van der Waals surface area contributed by atoms with Crippen molar-refractivity contribution in [2.75, 3.05) is 13.1 Å². The number of carbonyl (C=O) groups is 1. The maximum Gasteiger partial charge on any atom is 0.418 e. The summed E-state index contributed by atoms with van der Waals surface area (Å²) < 4.78 is 55.7. The van der Waals surface area contributed by atoms with Gasteiger partial charge in [0.15, 0.2) is 11.5 Å². The lowest BCUT2D eigenvalue weighted by molar-refractivity contribution is -0.136. The summed E-state index contributed by atoms with van der Waals surface area (Å²) in [5.74, 6) is 0.465. The molecule has 0 spiro atoms. The Morgan fingerprint density at radius 1 is 1.20 bits per heavy atom. The third kappa shape index (κ3) is 3.30. The van der Waals surface area contributed by atoms with E-state index < -0.39 is 11.7 Å². The van der Waals surface area contributed by atoms with Crippen LogP contribution in [-0.4, -0.2) is 40.1 Å². The Bertz CT molecular complexity index is 1210. The molecule has 154 valence electrons. The molecule has 1 saturated heterocycles. The van der Waals surface area contributed by atoms with Crippen LogP contribution in [0.4, 0.5) is 13.2 Å². The summed E-state index contributed by atoms with van der Waals surface area (Å²) in [4.78, 5) is 18.0. The Morgan fingerprint density at radius 2 is 2.03 bits per heavy atom. The zero-order valence-corrected chi connectivity index (χ0v) is 15.9. The first-order valence-electron chi connectivity index (χ1n) is 8.82. The van der Waals surface area contributed by atoms with Crippen molar-refractivity contribution >= 4 is 27.5 Å². The fourth-order valence-corrected chi connectivity index (χ4v) is 4.01. The van der Waals surface area contributed by atoms with Crippen molar-refractivity contribution in [3.8, 4) is 16.7 Å². The van der Waals surface area contributed by atoms with Crippen LogP contribution in [0.1, 0.15) is 16.1 Å². The second-order valence-electron chi connectivity index (χ2n) is 6.63. The van der Waals surface area contributed by atoms with Crippen molar-refractivity contribution in [3.05, 3.63) is 53.9 Å². The third-order valence-corrected chi connectivity index (χ3v) is 5.51. The van der Waals surface area contributed by atoms with E-state index >= 15 is 0 Å². The Balaban J connectivity index is 1.24. The summed E-state index contributed by atoms with van der Waals surface area (Å²) in [7, 11) is 0. The molecule has 0 saturated carbocycles. The van der Waals surface area contributed by atoms with Crippen molar-refractivity contribution in [3.63, 3.8) is 0 Å². The summed E-state index contributed by atoms with van der Waals surface area (Å²) in [5.41, 5.74) is -0.796. The predicted octanol–water partition coefficient (Wildman–Crippen LogP) is 4.47. The first kappa shape index (κ1) is 18.7. The van der Waals surface area contributed by atoms with Gasteiger partial charge in [0.1, 0.15) is 6.10 Å². The van der Waals surface area contributed by atoms with E-state index in [2.05, 4.69) is 10.1 Å². The molecule has 5 rings (SSSR count). The third-order valence-electron chi connectivity index (χ3n) is 4.60. The summed E-state index contributed by atoms with van der Waals surface area (Å²) in [5, 5.41) is 3.90.